The van der Waals surface area contributed by atoms with Crippen LogP contribution in [0.5, 0.6) is 0 Å². The molecule has 1 aromatic carbocycles. The van der Waals surface area contributed by atoms with Crippen molar-refractivity contribution in [3.05, 3.63) is 40.9 Å². The number of likely N-dealkylation sites (tertiary alicyclic amines) is 1. The average Bonchev–Trinajstić information content (AvgIpc) is 3.21. The van der Waals surface area contributed by atoms with Crippen LogP contribution in [0.1, 0.15) is 24.1 Å². The summed E-state index contributed by atoms with van der Waals surface area (Å²) in [6.45, 7) is 3.67. The summed E-state index contributed by atoms with van der Waals surface area (Å²) in [4.78, 5) is 30.3. The second-order valence-corrected chi connectivity index (χ2v) is 6.71. The van der Waals surface area contributed by atoms with Crippen molar-refractivity contribution in [3.8, 4) is 0 Å². The zero-order valence-electron chi connectivity index (χ0n) is 13.5. The van der Waals surface area contributed by atoms with Crippen molar-refractivity contribution in [3.63, 3.8) is 0 Å². The van der Waals surface area contributed by atoms with Gasteiger partial charge in [0.1, 0.15) is 0 Å². The standard InChI is InChI=1S/C17H20N4O2S/c1-12-4-6-13(7-5-12)18-16(23)20-17-19-14(11-24-17)10-15(22)21-8-2-3-9-21/h4-7,11H,2-3,8-10H2,1H3,(H2,18,19,20,23). The fourth-order valence-corrected chi connectivity index (χ4v) is 3.28. The van der Waals surface area contributed by atoms with E-state index in [1.165, 1.54) is 11.3 Å². The smallest absolute Gasteiger partial charge is 0.325 e. The van der Waals surface area contributed by atoms with Crippen LogP contribution in [0.4, 0.5) is 15.6 Å². The van der Waals surface area contributed by atoms with E-state index in [-0.39, 0.29) is 18.4 Å². The number of carbonyl (C=O) groups is 2. The van der Waals surface area contributed by atoms with Crippen LogP contribution in [0.25, 0.3) is 0 Å². The number of aromatic nitrogens is 1. The number of hydrogen-bond donors (Lipinski definition) is 2. The van der Waals surface area contributed by atoms with Gasteiger partial charge in [-0.3, -0.25) is 10.1 Å². The van der Waals surface area contributed by atoms with E-state index < -0.39 is 0 Å². The Bertz CT molecular complexity index is 720. The van der Waals surface area contributed by atoms with Crippen LogP contribution >= 0.6 is 11.3 Å². The zero-order valence-corrected chi connectivity index (χ0v) is 14.4. The van der Waals surface area contributed by atoms with Crippen molar-refractivity contribution in [1.29, 1.82) is 0 Å². The first-order chi connectivity index (χ1) is 11.6. The maximum Gasteiger partial charge on any atom is 0.325 e. The third-order valence-electron chi connectivity index (χ3n) is 3.87. The van der Waals surface area contributed by atoms with Gasteiger partial charge in [-0.15, -0.1) is 11.3 Å². The first-order valence-electron chi connectivity index (χ1n) is 7.97. The van der Waals surface area contributed by atoms with E-state index in [4.69, 9.17) is 0 Å². The van der Waals surface area contributed by atoms with Crippen LogP contribution in [0.15, 0.2) is 29.6 Å². The molecule has 3 rings (SSSR count). The van der Waals surface area contributed by atoms with E-state index >= 15 is 0 Å². The quantitative estimate of drug-likeness (QED) is 0.894. The minimum absolute atomic E-state index is 0.105. The number of nitrogens with zero attached hydrogens (tertiary/aromatic N) is 2. The number of aryl methyl sites for hydroxylation is 1. The van der Waals surface area contributed by atoms with Crippen molar-refractivity contribution in [2.45, 2.75) is 26.2 Å². The fraction of sp³-hybridized carbons (Fsp3) is 0.353. The minimum Gasteiger partial charge on any atom is -0.342 e. The van der Waals surface area contributed by atoms with Crippen molar-refractivity contribution in [2.75, 3.05) is 23.7 Å². The number of urea groups is 1. The number of rotatable bonds is 4. The molecule has 2 heterocycles. The molecule has 126 valence electrons. The molecule has 24 heavy (non-hydrogen) atoms. The average molecular weight is 344 g/mol. The maximum absolute atomic E-state index is 12.1. The number of nitrogens with one attached hydrogen (secondary N) is 2. The largest absolute Gasteiger partial charge is 0.342 e. The summed E-state index contributed by atoms with van der Waals surface area (Å²) >= 11 is 1.32. The van der Waals surface area contributed by atoms with E-state index in [0.717, 1.165) is 37.2 Å². The molecule has 3 amide bonds. The molecular weight excluding hydrogens is 324 g/mol. The summed E-state index contributed by atoms with van der Waals surface area (Å²) < 4.78 is 0. The van der Waals surface area contributed by atoms with Gasteiger partial charge in [0.2, 0.25) is 5.91 Å². The molecule has 0 saturated carbocycles. The van der Waals surface area contributed by atoms with Crippen molar-refractivity contribution in [1.82, 2.24) is 9.88 Å². The van der Waals surface area contributed by atoms with E-state index in [2.05, 4.69) is 15.6 Å². The summed E-state index contributed by atoms with van der Waals surface area (Å²) in [6.07, 6.45) is 2.45. The predicted octanol–water partition coefficient (Wildman–Crippen LogP) is 3.26. The number of amides is 3. The lowest BCUT2D eigenvalue weighted by Crippen LogP contribution is -2.29. The Morgan fingerprint density at radius 3 is 2.58 bits per heavy atom. The summed E-state index contributed by atoms with van der Waals surface area (Å²) in [5.74, 6) is 0.105. The lowest BCUT2D eigenvalue weighted by molar-refractivity contribution is -0.129. The molecule has 1 aliphatic heterocycles. The Morgan fingerprint density at radius 1 is 1.17 bits per heavy atom. The third-order valence-corrected chi connectivity index (χ3v) is 4.68. The predicted molar refractivity (Wildman–Crippen MR) is 95.5 cm³/mol. The number of hydrogen-bond acceptors (Lipinski definition) is 4. The van der Waals surface area contributed by atoms with Crippen LogP contribution in [-0.4, -0.2) is 34.9 Å². The Kier molecular flexibility index (Phi) is 5.10. The maximum atomic E-state index is 12.1. The number of benzene rings is 1. The molecule has 0 aliphatic carbocycles. The summed E-state index contributed by atoms with van der Waals surface area (Å²) in [5, 5.41) is 7.76. The van der Waals surface area contributed by atoms with Gasteiger partial charge in [0.05, 0.1) is 12.1 Å². The highest BCUT2D eigenvalue weighted by molar-refractivity contribution is 7.14. The van der Waals surface area contributed by atoms with E-state index in [9.17, 15) is 9.59 Å². The lowest BCUT2D eigenvalue weighted by atomic mass is 10.2. The zero-order chi connectivity index (χ0) is 16.9. The normalized spacial score (nSPS) is 13.8. The lowest BCUT2D eigenvalue weighted by Gasteiger charge is -2.13. The minimum atomic E-state index is -0.342. The van der Waals surface area contributed by atoms with Crippen LogP contribution in [-0.2, 0) is 11.2 Å². The fourth-order valence-electron chi connectivity index (χ4n) is 2.58. The van der Waals surface area contributed by atoms with E-state index in [0.29, 0.717) is 10.8 Å². The Morgan fingerprint density at radius 2 is 1.88 bits per heavy atom. The van der Waals surface area contributed by atoms with Crippen LogP contribution in [0, 0.1) is 6.92 Å². The first kappa shape index (κ1) is 16.4. The highest BCUT2D eigenvalue weighted by Gasteiger charge is 2.19. The highest BCUT2D eigenvalue weighted by Crippen LogP contribution is 2.18. The molecule has 1 fully saturated rings. The molecule has 0 spiro atoms. The van der Waals surface area contributed by atoms with Gasteiger partial charge in [-0.2, -0.15) is 0 Å². The Labute approximate surface area is 144 Å². The van der Waals surface area contributed by atoms with Gasteiger partial charge in [0, 0.05) is 24.2 Å². The molecule has 7 heteroatoms. The second kappa shape index (κ2) is 7.44. The van der Waals surface area contributed by atoms with Gasteiger partial charge < -0.3 is 10.2 Å². The Hall–Kier alpha value is -2.41. The molecule has 0 atom stereocenters. The van der Waals surface area contributed by atoms with Crippen LogP contribution < -0.4 is 10.6 Å². The molecule has 1 aromatic heterocycles. The Balaban J connectivity index is 1.52. The molecule has 1 aliphatic rings. The van der Waals surface area contributed by atoms with Gasteiger partial charge >= 0.3 is 6.03 Å². The number of anilines is 2. The van der Waals surface area contributed by atoms with Gasteiger partial charge in [-0.1, -0.05) is 17.7 Å². The van der Waals surface area contributed by atoms with Gasteiger partial charge in [0.15, 0.2) is 5.13 Å². The molecular formula is C17H20N4O2S. The van der Waals surface area contributed by atoms with E-state index in [1.54, 1.807) is 0 Å². The SMILES string of the molecule is Cc1ccc(NC(=O)Nc2nc(CC(=O)N3CCCC3)cs2)cc1. The summed E-state index contributed by atoms with van der Waals surface area (Å²) in [5.41, 5.74) is 2.55. The first-order valence-corrected chi connectivity index (χ1v) is 8.85. The van der Waals surface area contributed by atoms with Gasteiger partial charge in [-0.05, 0) is 31.9 Å². The molecule has 2 N–H and O–H groups in total. The monoisotopic (exact) mass is 344 g/mol. The molecule has 0 radical (unpaired) electrons. The molecule has 1 saturated heterocycles. The van der Waals surface area contributed by atoms with Gasteiger partial charge in [-0.25, -0.2) is 9.78 Å². The van der Waals surface area contributed by atoms with Crippen molar-refractivity contribution < 1.29 is 9.59 Å². The molecule has 6 nitrogen and oxygen atoms in total. The van der Waals surface area contributed by atoms with Crippen LogP contribution in [0.2, 0.25) is 0 Å². The van der Waals surface area contributed by atoms with Crippen molar-refractivity contribution in [2.24, 2.45) is 0 Å². The summed E-state index contributed by atoms with van der Waals surface area (Å²) in [7, 11) is 0. The van der Waals surface area contributed by atoms with E-state index in [1.807, 2.05) is 41.5 Å². The topological polar surface area (TPSA) is 74.3 Å². The number of carbonyl (C=O) groups excluding carboxylic acids is 2. The highest BCUT2D eigenvalue weighted by atomic mass is 32.1. The number of thiazole rings is 1. The molecule has 0 bridgehead atoms. The second-order valence-electron chi connectivity index (χ2n) is 5.85. The molecule has 2 aromatic rings. The summed E-state index contributed by atoms with van der Waals surface area (Å²) in [6, 6.07) is 7.21. The third kappa shape index (κ3) is 4.32. The molecule has 0 unspecified atom stereocenters. The van der Waals surface area contributed by atoms with Gasteiger partial charge in [0.25, 0.3) is 0 Å². The van der Waals surface area contributed by atoms with Crippen molar-refractivity contribution >= 4 is 34.1 Å². The van der Waals surface area contributed by atoms with Crippen LogP contribution in [0.3, 0.4) is 0 Å².